The molecule has 0 aliphatic heterocycles. The van der Waals surface area contributed by atoms with E-state index in [4.69, 9.17) is 9.47 Å². The Morgan fingerprint density at radius 3 is 2.39 bits per heavy atom. The average molecular weight is 318 g/mol. The van der Waals surface area contributed by atoms with Crippen molar-refractivity contribution in [2.45, 2.75) is 6.92 Å². The zero-order valence-corrected chi connectivity index (χ0v) is 12.3. The predicted octanol–water partition coefficient (Wildman–Crippen LogP) is 3.27. The van der Waals surface area contributed by atoms with E-state index in [9.17, 15) is 20.2 Å². The summed E-state index contributed by atoms with van der Waals surface area (Å²) in [6.45, 7) is 1.98. The summed E-state index contributed by atoms with van der Waals surface area (Å²) in [5.41, 5.74) is 0.647. The first-order valence-electron chi connectivity index (χ1n) is 6.72. The van der Waals surface area contributed by atoms with Crippen molar-refractivity contribution in [1.29, 1.82) is 0 Å². The van der Waals surface area contributed by atoms with E-state index in [1.807, 2.05) is 0 Å². The summed E-state index contributed by atoms with van der Waals surface area (Å²) in [4.78, 5) is 20.5. The highest BCUT2D eigenvalue weighted by molar-refractivity contribution is 5.48. The van der Waals surface area contributed by atoms with E-state index in [-0.39, 0.29) is 30.3 Å². The zero-order valence-electron chi connectivity index (χ0n) is 12.3. The minimum absolute atomic E-state index is 0.0715. The van der Waals surface area contributed by atoms with Crippen LogP contribution in [0.15, 0.2) is 42.5 Å². The molecule has 0 N–H and O–H groups in total. The Hall–Kier alpha value is -3.16. The van der Waals surface area contributed by atoms with Gasteiger partial charge in [-0.15, -0.1) is 0 Å². The number of nitrogens with zero attached hydrogens (tertiary/aromatic N) is 2. The molecule has 0 fully saturated rings. The largest absolute Gasteiger partial charge is 0.490 e. The number of non-ortho nitro benzene ring substituents is 1. The van der Waals surface area contributed by atoms with Crippen molar-refractivity contribution in [3.8, 4) is 11.5 Å². The maximum atomic E-state index is 10.9. The molecule has 0 saturated heterocycles. The van der Waals surface area contributed by atoms with Gasteiger partial charge in [0.05, 0.1) is 15.9 Å². The van der Waals surface area contributed by atoms with Gasteiger partial charge in [-0.25, -0.2) is 0 Å². The molecule has 2 aromatic carbocycles. The molecule has 2 aromatic rings. The Morgan fingerprint density at radius 2 is 1.70 bits per heavy atom. The Labute approximate surface area is 131 Å². The van der Waals surface area contributed by atoms with Crippen LogP contribution in [0.3, 0.4) is 0 Å². The van der Waals surface area contributed by atoms with Crippen LogP contribution in [0.1, 0.15) is 5.56 Å². The van der Waals surface area contributed by atoms with Gasteiger partial charge in [0.2, 0.25) is 0 Å². The lowest BCUT2D eigenvalue weighted by Gasteiger charge is -2.09. The number of nitro groups is 2. The van der Waals surface area contributed by atoms with Crippen molar-refractivity contribution in [3.05, 3.63) is 68.3 Å². The molecule has 0 aromatic heterocycles. The minimum Gasteiger partial charge on any atom is -0.490 e. The van der Waals surface area contributed by atoms with Crippen molar-refractivity contribution in [1.82, 2.24) is 0 Å². The lowest BCUT2D eigenvalue weighted by Crippen LogP contribution is -2.10. The minimum atomic E-state index is -0.518. The normalized spacial score (nSPS) is 10.1. The lowest BCUT2D eigenvalue weighted by atomic mass is 10.2. The summed E-state index contributed by atoms with van der Waals surface area (Å²) in [6, 6.07) is 10.3. The summed E-state index contributed by atoms with van der Waals surface area (Å²) >= 11 is 0. The Balaban J connectivity index is 1.93. The van der Waals surface area contributed by atoms with Crippen molar-refractivity contribution >= 4 is 11.4 Å². The van der Waals surface area contributed by atoms with Gasteiger partial charge in [-0.05, 0) is 24.6 Å². The summed E-state index contributed by atoms with van der Waals surface area (Å²) in [5.74, 6) is 0.499. The molecule has 0 saturated carbocycles. The molecule has 0 spiro atoms. The third-order valence-corrected chi connectivity index (χ3v) is 2.95. The first kappa shape index (κ1) is 16.2. The molecule has 0 aliphatic carbocycles. The van der Waals surface area contributed by atoms with Gasteiger partial charge in [-0.3, -0.25) is 20.2 Å². The van der Waals surface area contributed by atoms with E-state index in [2.05, 4.69) is 0 Å². The van der Waals surface area contributed by atoms with Crippen LogP contribution in [-0.2, 0) is 0 Å². The second-order valence-electron chi connectivity index (χ2n) is 4.68. The third-order valence-electron chi connectivity index (χ3n) is 2.95. The second-order valence-corrected chi connectivity index (χ2v) is 4.68. The van der Waals surface area contributed by atoms with Crippen molar-refractivity contribution in [2.75, 3.05) is 13.2 Å². The van der Waals surface area contributed by atoms with Crippen LogP contribution >= 0.6 is 0 Å². The number of hydrogen-bond donors (Lipinski definition) is 0. The van der Waals surface area contributed by atoms with E-state index in [1.54, 1.807) is 25.1 Å². The highest BCUT2D eigenvalue weighted by Crippen LogP contribution is 2.27. The molecule has 0 aliphatic rings. The van der Waals surface area contributed by atoms with E-state index in [1.165, 1.54) is 24.3 Å². The smallest absolute Gasteiger partial charge is 0.310 e. The first-order chi connectivity index (χ1) is 11.0. The fourth-order valence-corrected chi connectivity index (χ4v) is 1.89. The maximum Gasteiger partial charge on any atom is 0.310 e. The Bertz CT molecular complexity index is 732. The summed E-state index contributed by atoms with van der Waals surface area (Å²) in [5, 5.41) is 21.6. The first-order valence-corrected chi connectivity index (χ1v) is 6.72. The van der Waals surface area contributed by atoms with E-state index < -0.39 is 9.85 Å². The SMILES string of the molecule is Cc1ccc([N+](=O)[O-])c(OCCOc2cccc([N+](=O)[O-])c2)c1. The number of nitro benzene ring substituents is 2. The molecule has 23 heavy (non-hydrogen) atoms. The van der Waals surface area contributed by atoms with Crippen molar-refractivity contribution in [3.63, 3.8) is 0 Å². The molecule has 0 heterocycles. The maximum absolute atomic E-state index is 10.9. The molecule has 0 amide bonds. The number of aryl methyl sites for hydroxylation is 1. The van der Waals surface area contributed by atoms with Gasteiger partial charge in [0.25, 0.3) is 5.69 Å². The summed E-state index contributed by atoms with van der Waals surface area (Å²) < 4.78 is 10.7. The van der Waals surface area contributed by atoms with Gasteiger partial charge in [-0.2, -0.15) is 0 Å². The molecule has 2 rings (SSSR count). The number of rotatable bonds is 7. The summed E-state index contributed by atoms with van der Waals surface area (Å²) in [7, 11) is 0. The van der Waals surface area contributed by atoms with Gasteiger partial charge in [0, 0.05) is 12.1 Å². The van der Waals surface area contributed by atoms with Crippen molar-refractivity contribution < 1.29 is 19.3 Å². The zero-order chi connectivity index (χ0) is 16.8. The molecular weight excluding hydrogens is 304 g/mol. The number of ether oxygens (including phenoxy) is 2. The van der Waals surface area contributed by atoms with Crippen LogP contribution in [0.2, 0.25) is 0 Å². The van der Waals surface area contributed by atoms with Gasteiger partial charge in [0.15, 0.2) is 5.75 Å². The highest BCUT2D eigenvalue weighted by Gasteiger charge is 2.14. The van der Waals surface area contributed by atoms with Crippen LogP contribution < -0.4 is 9.47 Å². The Kier molecular flexibility index (Phi) is 5.08. The number of hydrogen-bond acceptors (Lipinski definition) is 6. The van der Waals surface area contributed by atoms with Crippen LogP contribution in [0, 0.1) is 27.2 Å². The standard InChI is InChI=1S/C15H14N2O6/c1-11-5-6-14(17(20)21)15(9-11)23-8-7-22-13-4-2-3-12(10-13)16(18)19/h2-6,9-10H,7-8H2,1H3. The molecule has 0 bridgehead atoms. The van der Waals surface area contributed by atoms with Crippen molar-refractivity contribution in [2.24, 2.45) is 0 Å². The lowest BCUT2D eigenvalue weighted by molar-refractivity contribution is -0.385. The Morgan fingerprint density at radius 1 is 0.957 bits per heavy atom. The van der Waals surface area contributed by atoms with Gasteiger partial charge in [-0.1, -0.05) is 12.1 Å². The van der Waals surface area contributed by atoms with E-state index >= 15 is 0 Å². The number of benzene rings is 2. The average Bonchev–Trinajstić information content (AvgIpc) is 2.51. The molecule has 0 unspecified atom stereocenters. The van der Waals surface area contributed by atoms with Gasteiger partial charge < -0.3 is 9.47 Å². The third kappa shape index (κ3) is 4.40. The topological polar surface area (TPSA) is 105 Å². The molecule has 0 atom stereocenters. The van der Waals surface area contributed by atoms with Crippen LogP contribution in [-0.4, -0.2) is 23.1 Å². The van der Waals surface area contributed by atoms with Gasteiger partial charge in [0.1, 0.15) is 19.0 Å². The summed E-state index contributed by atoms with van der Waals surface area (Å²) in [6.07, 6.45) is 0. The van der Waals surface area contributed by atoms with E-state index in [0.29, 0.717) is 5.75 Å². The molecule has 120 valence electrons. The predicted molar refractivity (Wildman–Crippen MR) is 81.9 cm³/mol. The molecular formula is C15H14N2O6. The second kappa shape index (κ2) is 7.21. The van der Waals surface area contributed by atoms with E-state index in [0.717, 1.165) is 5.56 Å². The highest BCUT2D eigenvalue weighted by atomic mass is 16.6. The molecule has 8 heteroatoms. The monoisotopic (exact) mass is 318 g/mol. The molecule has 0 radical (unpaired) electrons. The molecule has 8 nitrogen and oxygen atoms in total. The van der Waals surface area contributed by atoms with Crippen LogP contribution in [0.25, 0.3) is 0 Å². The fraction of sp³-hybridized carbons (Fsp3) is 0.200. The fourth-order valence-electron chi connectivity index (χ4n) is 1.89. The van der Waals surface area contributed by atoms with Crippen LogP contribution in [0.4, 0.5) is 11.4 Å². The quantitative estimate of drug-likeness (QED) is 0.441. The van der Waals surface area contributed by atoms with Gasteiger partial charge >= 0.3 is 5.69 Å². The van der Waals surface area contributed by atoms with Crippen LogP contribution in [0.5, 0.6) is 11.5 Å².